The number of hydrogen-bond acceptors (Lipinski definition) is 4. The predicted octanol–water partition coefficient (Wildman–Crippen LogP) is 2.20. The summed E-state index contributed by atoms with van der Waals surface area (Å²) in [6.45, 7) is 7.47. The van der Waals surface area contributed by atoms with E-state index < -0.39 is 0 Å². The van der Waals surface area contributed by atoms with Gasteiger partial charge in [0.2, 0.25) is 0 Å². The van der Waals surface area contributed by atoms with Crippen molar-refractivity contribution < 1.29 is 0 Å². The molecule has 1 aromatic rings. The van der Waals surface area contributed by atoms with Gasteiger partial charge in [-0.2, -0.15) is 5.26 Å². The summed E-state index contributed by atoms with van der Waals surface area (Å²) in [5.41, 5.74) is 7.75. The quantitative estimate of drug-likeness (QED) is 0.926. The first-order chi connectivity index (χ1) is 10.2. The maximum absolute atomic E-state index is 9.44. The molecule has 2 fully saturated rings. The fraction of sp³-hybridized carbons (Fsp3) is 0.688. The summed E-state index contributed by atoms with van der Waals surface area (Å²) in [6, 6.07) is 4.65. The summed E-state index contributed by atoms with van der Waals surface area (Å²) < 4.78 is 2.23. The number of nitrogens with zero attached hydrogens (tertiary/aromatic N) is 4. The molecule has 0 amide bonds. The molecule has 1 saturated heterocycles. The highest BCUT2D eigenvalue weighted by molar-refractivity contribution is 5.68. The summed E-state index contributed by atoms with van der Waals surface area (Å²) >= 11 is 0. The number of hydrogen-bond donors (Lipinski definition) is 1. The lowest BCUT2D eigenvalue weighted by Crippen LogP contribution is -2.47. The van der Waals surface area contributed by atoms with Crippen LogP contribution in [0, 0.1) is 11.3 Å². The van der Waals surface area contributed by atoms with E-state index in [1.165, 1.54) is 25.7 Å². The smallest absolute Gasteiger partial charge is 0.133 e. The molecule has 0 bridgehead atoms. The first-order valence-electron chi connectivity index (χ1n) is 8.12. The molecule has 2 aliphatic rings. The highest BCUT2D eigenvalue weighted by atomic mass is 15.3. The van der Waals surface area contributed by atoms with E-state index in [0.717, 1.165) is 49.9 Å². The van der Waals surface area contributed by atoms with Crippen LogP contribution < -0.4 is 10.6 Å². The molecule has 1 aliphatic carbocycles. The van der Waals surface area contributed by atoms with E-state index in [1.54, 1.807) is 0 Å². The lowest BCUT2D eigenvalue weighted by atomic mass is 10.2. The van der Waals surface area contributed by atoms with Crippen LogP contribution in [-0.2, 0) is 0 Å². The Bertz CT molecular complexity index is 528. The first kappa shape index (κ1) is 14.3. The predicted molar refractivity (Wildman–Crippen MR) is 85.4 cm³/mol. The van der Waals surface area contributed by atoms with Gasteiger partial charge >= 0.3 is 0 Å². The Morgan fingerprint density at radius 1 is 1.24 bits per heavy atom. The summed E-state index contributed by atoms with van der Waals surface area (Å²) in [4.78, 5) is 4.83. The van der Waals surface area contributed by atoms with Crippen molar-refractivity contribution in [2.45, 2.75) is 38.6 Å². The van der Waals surface area contributed by atoms with Crippen LogP contribution in [0.2, 0.25) is 0 Å². The minimum Gasteiger partial charge on any atom is -0.396 e. The van der Waals surface area contributed by atoms with Gasteiger partial charge in [-0.3, -0.25) is 0 Å². The molecule has 0 aromatic carbocycles. The fourth-order valence-corrected chi connectivity index (χ4v) is 3.76. The molecule has 0 spiro atoms. The van der Waals surface area contributed by atoms with Crippen molar-refractivity contribution in [3.05, 3.63) is 11.8 Å². The van der Waals surface area contributed by atoms with Crippen molar-refractivity contribution in [1.82, 2.24) is 9.47 Å². The minimum absolute atomic E-state index is 0.455. The van der Waals surface area contributed by atoms with Crippen LogP contribution >= 0.6 is 0 Å². The van der Waals surface area contributed by atoms with E-state index in [2.05, 4.69) is 27.4 Å². The van der Waals surface area contributed by atoms with E-state index in [1.807, 2.05) is 6.07 Å². The minimum atomic E-state index is 0.455. The van der Waals surface area contributed by atoms with Gasteiger partial charge in [0, 0.05) is 32.2 Å². The summed E-state index contributed by atoms with van der Waals surface area (Å²) in [5, 5.41) is 9.44. The second-order valence-corrected chi connectivity index (χ2v) is 6.15. The van der Waals surface area contributed by atoms with Crippen LogP contribution in [0.4, 0.5) is 11.5 Å². The van der Waals surface area contributed by atoms with E-state index in [4.69, 9.17) is 5.73 Å². The van der Waals surface area contributed by atoms with Gasteiger partial charge in [0.1, 0.15) is 17.6 Å². The number of piperazine rings is 1. The van der Waals surface area contributed by atoms with Gasteiger partial charge in [0.05, 0.1) is 5.69 Å². The zero-order valence-electron chi connectivity index (χ0n) is 12.9. The highest BCUT2D eigenvalue weighted by Crippen LogP contribution is 2.38. The van der Waals surface area contributed by atoms with Crippen LogP contribution in [0.5, 0.6) is 0 Å². The molecule has 114 valence electrons. The number of nitrogens with two attached hydrogens (primary N) is 1. The maximum Gasteiger partial charge on any atom is 0.133 e. The lowest BCUT2D eigenvalue weighted by Gasteiger charge is -2.37. The molecule has 0 radical (unpaired) electrons. The molecule has 21 heavy (non-hydrogen) atoms. The van der Waals surface area contributed by atoms with Gasteiger partial charge in [-0.1, -0.05) is 19.8 Å². The first-order valence-corrected chi connectivity index (χ1v) is 8.12. The van der Waals surface area contributed by atoms with E-state index in [0.29, 0.717) is 6.04 Å². The fourth-order valence-electron chi connectivity index (χ4n) is 3.76. The largest absolute Gasteiger partial charge is 0.396 e. The Hall–Kier alpha value is -1.67. The van der Waals surface area contributed by atoms with Crippen LogP contribution in [0.3, 0.4) is 0 Å². The zero-order valence-corrected chi connectivity index (χ0v) is 12.9. The molecular formula is C16H25N5. The van der Waals surface area contributed by atoms with Gasteiger partial charge < -0.3 is 20.1 Å². The van der Waals surface area contributed by atoms with Crippen molar-refractivity contribution in [2.24, 2.45) is 0 Å². The molecule has 1 saturated carbocycles. The van der Waals surface area contributed by atoms with Gasteiger partial charge in [0.15, 0.2) is 0 Å². The van der Waals surface area contributed by atoms with Crippen molar-refractivity contribution in [3.8, 4) is 6.07 Å². The summed E-state index contributed by atoms with van der Waals surface area (Å²) in [5.74, 6) is 1.09. The Labute approximate surface area is 126 Å². The number of nitrogen functional groups attached to an aromatic ring is 1. The lowest BCUT2D eigenvalue weighted by molar-refractivity contribution is 0.269. The molecule has 0 unspecified atom stereocenters. The maximum atomic E-state index is 9.44. The van der Waals surface area contributed by atoms with Gasteiger partial charge in [0.25, 0.3) is 0 Å². The third-order valence-electron chi connectivity index (χ3n) is 4.96. The SMILES string of the molecule is CCN1CCN(c2c(N)cc(C#N)n2C2CCCC2)CC1. The highest BCUT2D eigenvalue weighted by Gasteiger charge is 2.28. The average Bonchev–Trinajstić information content (AvgIpc) is 3.14. The van der Waals surface area contributed by atoms with Gasteiger partial charge in [-0.25, -0.2) is 0 Å². The number of nitriles is 1. The number of likely N-dealkylation sites (N-methyl/N-ethyl adjacent to an activating group) is 1. The normalized spacial score (nSPS) is 20.9. The van der Waals surface area contributed by atoms with Gasteiger partial charge in [-0.05, 0) is 25.5 Å². The standard InChI is InChI=1S/C16H25N5/c1-2-19-7-9-20(10-8-19)16-15(18)11-14(12-17)21(16)13-5-3-4-6-13/h11,13H,2-10,18H2,1H3. The van der Waals surface area contributed by atoms with Crippen LogP contribution in [-0.4, -0.2) is 42.2 Å². The van der Waals surface area contributed by atoms with E-state index in [-0.39, 0.29) is 0 Å². The summed E-state index contributed by atoms with van der Waals surface area (Å²) in [6.07, 6.45) is 4.86. The molecule has 1 aromatic heterocycles. The zero-order chi connectivity index (χ0) is 14.8. The molecule has 2 N–H and O–H groups in total. The molecule has 2 heterocycles. The number of rotatable bonds is 3. The number of aromatic nitrogens is 1. The Balaban J connectivity index is 1.90. The molecule has 1 aliphatic heterocycles. The second-order valence-electron chi connectivity index (χ2n) is 6.15. The molecular weight excluding hydrogens is 262 g/mol. The third-order valence-corrected chi connectivity index (χ3v) is 4.96. The monoisotopic (exact) mass is 287 g/mol. The molecule has 5 nitrogen and oxygen atoms in total. The van der Waals surface area contributed by atoms with Crippen LogP contribution in [0.15, 0.2) is 6.07 Å². The van der Waals surface area contributed by atoms with Gasteiger partial charge in [-0.15, -0.1) is 0 Å². The molecule has 5 heteroatoms. The summed E-state index contributed by atoms with van der Waals surface area (Å²) in [7, 11) is 0. The van der Waals surface area contributed by atoms with E-state index in [9.17, 15) is 5.26 Å². The molecule has 3 rings (SSSR count). The van der Waals surface area contributed by atoms with Crippen molar-refractivity contribution in [1.29, 1.82) is 5.26 Å². The topological polar surface area (TPSA) is 61.2 Å². The second kappa shape index (κ2) is 5.98. The third kappa shape index (κ3) is 2.60. The Morgan fingerprint density at radius 3 is 2.48 bits per heavy atom. The van der Waals surface area contributed by atoms with Crippen molar-refractivity contribution in [2.75, 3.05) is 43.4 Å². The van der Waals surface area contributed by atoms with E-state index >= 15 is 0 Å². The Morgan fingerprint density at radius 2 is 1.90 bits per heavy atom. The Kier molecular flexibility index (Phi) is 4.07. The van der Waals surface area contributed by atoms with Crippen LogP contribution in [0.1, 0.15) is 44.3 Å². The number of anilines is 2. The van der Waals surface area contributed by atoms with Crippen molar-refractivity contribution in [3.63, 3.8) is 0 Å². The van der Waals surface area contributed by atoms with Crippen molar-refractivity contribution >= 4 is 11.5 Å². The average molecular weight is 287 g/mol. The molecule has 0 atom stereocenters. The van der Waals surface area contributed by atoms with Crippen LogP contribution in [0.25, 0.3) is 0 Å².